The zero-order chi connectivity index (χ0) is 13.4. The van der Waals surface area contributed by atoms with Gasteiger partial charge in [0.05, 0.1) is 12.3 Å². The molecular weight excluding hydrogens is 274 g/mol. The van der Waals surface area contributed by atoms with Crippen LogP contribution in [0.4, 0.5) is 0 Å². The number of thioether (sulfide) groups is 1. The number of nitrogens with two attached hydrogens (primary N) is 1. The molecule has 0 bridgehead atoms. The van der Waals surface area contributed by atoms with E-state index in [-0.39, 0.29) is 11.3 Å². The molecule has 0 saturated carbocycles. The molecule has 1 heterocycles. The summed E-state index contributed by atoms with van der Waals surface area (Å²) in [7, 11) is 0. The van der Waals surface area contributed by atoms with Crippen molar-refractivity contribution in [2.45, 2.75) is 25.1 Å². The third-order valence-electron chi connectivity index (χ3n) is 2.10. The number of hydrogen-bond acceptors (Lipinski definition) is 6. The van der Waals surface area contributed by atoms with E-state index in [4.69, 9.17) is 22.1 Å². The lowest BCUT2D eigenvalue weighted by Crippen LogP contribution is -2.32. The van der Waals surface area contributed by atoms with Gasteiger partial charge in [-0.3, -0.25) is 4.79 Å². The molecule has 0 aliphatic rings. The van der Waals surface area contributed by atoms with Crippen molar-refractivity contribution < 1.29 is 9.53 Å². The van der Waals surface area contributed by atoms with Gasteiger partial charge in [0.25, 0.3) is 0 Å². The van der Waals surface area contributed by atoms with Crippen LogP contribution in [-0.4, -0.2) is 34.3 Å². The highest BCUT2D eigenvalue weighted by Crippen LogP contribution is 2.13. The number of ether oxygens (including phenoxy) is 1. The Morgan fingerprint density at radius 1 is 1.67 bits per heavy atom. The number of carbonyl (C=O) groups is 1. The maximum Gasteiger partial charge on any atom is 0.322 e. The first-order valence-electron chi connectivity index (χ1n) is 5.61. The van der Waals surface area contributed by atoms with Gasteiger partial charge in [0, 0.05) is 11.9 Å². The highest BCUT2D eigenvalue weighted by molar-refractivity contribution is 7.98. The van der Waals surface area contributed by atoms with Gasteiger partial charge in [-0.15, -0.1) is 0 Å². The SMILES string of the molecule is CCOC(=O)C(N)CCSCc1ccnc(Cl)n1. The van der Waals surface area contributed by atoms with E-state index in [0.717, 1.165) is 17.2 Å². The summed E-state index contributed by atoms with van der Waals surface area (Å²) in [6.07, 6.45) is 2.21. The first-order valence-corrected chi connectivity index (χ1v) is 7.14. The fraction of sp³-hybridized carbons (Fsp3) is 0.545. The number of carbonyl (C=O) groups excluding carboxylic acids is 1. The summed E-state index contributed by atoms with van der Waals surface area (Å²) in [6.45, 7) is 2.12. The van der Waals surface area contributed by atoms with Gasteiger partial charge in [-0.25, -0.2) is 9.97 Å². The lowest BCUT2D eigenvalue weighted by atomic mass is 10.2. The van der Waals surface area contributed by atoms with Crippen molar-refractivity contribution in [3.8, 4) is 0 Å². The topological polar surface area (TPSA) is 78.1 Å². The molecule has 100 valence electrons. The van der Waals surface area contributed by atoms with Crippen LogP contribution in [-0.2, 0) is 15.3 Å². The van der Waals surface area contributed by atoms with Crippen molar-refractivity contribution in [1.29, 1.82) is 0 Å². The van der Waals surface area contributed by atoms with Crippen molar-refractivity contribution in [2.24, 2.45) is 5.73 Å². The number of hydrogen-bond donors (Lipinski definition) is 1. The molecule has 0 spiro atoms. The van der Waals surface area contributed by atoms with Crippen LogP contribution in [0.3, 0.4) is 0 Å². The quantitative estimate of drug-likeness (QED) is 0.467. The van der Waals surface area contributed by atoms with Gasteiger partial charge in [-0.2, -0.15) is 11.8 Å². The molecule has 1 aromatic rings. The van der Waals surface area contributed by atoms with Crippen molar-refractivity contribution in [3.63, 3.8) is 0 Å². The Hall–Kier alpha value is -0.850. The van der Waals surface area contributed by atoms with Crippen LogP contribution >= 0.6 is 23.4 Å². The Labute approximate surface area is 115 Å². The fourth-order valence-corrected chi connectivity index (χ4v) is 2.30. The van der Waals surface area contributed by atoms with E-state index in [9.17, 15) is 4.79 Å². The molecule has 0 amide bonds. The standard InChI is InChI=1S/C11H16ClN3O2S/c1-2-17-10(16)9(13)4-6-18-7-8-3-5-14-11(12)15-8/h3,5,9H,2,4,6-7,13H2,1H3. The Bertz CT molecular complexity index is 392. The van der Waals surface area contributed by atoms with E-state index >= 15 is 0 Å². The lowest BCUT2D eigenvalue weighted by Gasteiger charge is -2.09. The number of nitrogens with zero attached hydrogens (tertiary/aromatic N) is 2. The van der Waals surface area contributed by atoms with Crippen molar-refractivity contribution in [2.75, 3.05) is 12.4 Å². The van der Waals surface area contributed by atoms with E-state index in [1.807, 2.05) is 6.07 Å². The van der Waals surface area contributed by atoms with Crippen LogP contribution in [0.25, 0.3) is 0 Å². The lowest BCUT2D eigenvalue weighted by molar-refractivity contribution is -0.144. The molecule has 0 radical (unpaired) electrons. The summed E-state index contributed by atoms with van der Waals surface area (Å²) in [5.74, 6) is 1.14. The summed E-state index contributed by atoms with van der Waals surface area (Å²) in [5, 5.41) is 0.247. The average Bonchev–Trinajstić information content (AvgIpc) is 2.35. The summed E-state index contributed by atoms with van der Waals surface area (Å²) in [5.41, 5.74) is 6.54. The van der Waals surface area contributed by atoms with E-state index in [0.29, 0.717) is 13.0 Å². The third kappa shape index (κ3) is 5.66. The van der Waals surface area contributed by atoms with Crippen LogP contribution < -0.4 is 5.73 Å². The normalized spacial score (nSPS) is 12.2. The summed E-state index contributed by atoms with van der Waals surface area (Å²) < 4.78 is 4.82. The minimum Gasteiger partial charge on any atom is -0.465 e. The summed E-state index contributed by atoms with van der Waals surface area (Å²) >= 11 is 7.31. The molecule has 0 aliphatic heterocycles. The molecule has 5 nitrogen and oxygen atoms in total. The molecular formula is C11H16ClN3O2S. The predicted molar refractivity (Wildman–Crippen MR) is 72.4 cm³/mol. The first-order chi connectivity index (χ1) is 8.63. The maximum absolute atomic E-state index is 11.3. The highest BCUT2D eigenvalue weighted by atomic mass is 35.5. The van der Waals surface area contributed by atoms with Gasteiger partial charge in [-0.05, 0) is 36.8 Å². The third-order valence-corrected chi connectivity index (χ3v) is 3.30. The molecule has 1 aromatic heterocycles. The van der Waals surface area contributed by atoms with Crippen molar-refractivity contribution in [1.82, 2.24) is 9.97 Å². The Morgan fingerprint density at radius 3 is 3.11 bits per heavy atom. The van der Waals surface area contributed by atoms with Gasteiger partial charge in [0.15, 0.2) is 0 Å². The minimum atomic E-state index is -0.550. The number of aromatic nitrogens is 2. The molecule has 18 heavy (non-hydrogen) atoms. The van der Waals surface area contributed by atoms with Crippen molar-refractivity contribution >= 4 is 29.3 Å². The highest BCUT2D eigenvalue weighted by Gasteiger charge is 2.13. The molecule has 0 saturated heterocycles. The maximum atomic E-state index is 11.3. The Balaban J connectivity index is 2.20. The second-order valence-electron chi connectivity index (χ2n) is 3.52. The molecule has 0 aromatic carbocycles. The molecule has 7 heteroatoms. The zero-order valence-electron chi connectivity index (χ0n) is 10.1. The predicted octanol–water partition coefficient (Wildman–Crippen LogP) is 1.64. The molecule has 2 N–H and O–H groups in total. The monoisotopic (exact) mass is 289 g/mol. The van der Waals surface area contributed by atoms with Gasteiger partial charge in [0.2, 0.25) is 5.28 Å². The van der Waals surface area contributed by atoms with Gasteiger partial charge in [-0.1, -0.05) is 0 Å². The van der Waals surface area contributed by atoms with Gasteiger partial charge < -0.3 is 10.5 Å². The summed E-state index contributed by atoms with van der Waals surface area (Å²) in [4.78, 5) is 19.1. The molecule has 1 atom stereocenters. The van der Waals surface area contributed by atoms with Gasteiger partial charge in [0.1, 0.15) is 6.04 Å². The largest absolute Gasteiger partial charge is 0.465 e. The number of rotatable bonds is 7. The molecule has 0 aliphatic carbocycles. The van der Waals surface area contributed by atoms with Crippen LogP contribution in [0.1, 0.15) is 19.0 Å². The van der Waals surface area contributed by atoms with Crippen LogP contribution in [0.5, 0.6) is 0 Å². The van der Waals surface area contributed by atoms with E-state index in [1.165, 1.54) is 0 Å². The minimum absolute atomic E-state index is 0.247. The van der Waals surface area contributed by atoms with Crippen LogP contribution in [0.15, 0.2) is 12.3 Å². The van der Waals surface area contributed by atoms with Crippen LogP contribution in [0.2, 0.25) is 5.28 Å². The van der Waals surface area contributed by atoms with E-state index < -0.39 is 6.04 Å². The summed E-state index contributed by atoms with van der Waals surface area (Å²) in [6, 6.07) is 1.26. The van der Waals surface area contributed by atoms with Gasteiger partial charge >= 0.3 is 5.97 Å². The molecule has 1 rings (SSSR count). The van der Waals surface area contributed by atoms with E-state index in [2.05, 4.69) is 9.97 Å². The molecule has 0 fully saturated rings. The number of halogens is 1. The Morgan fingerprint density at radius 2 is 2.44 bits per heavy atom. The average molecular weight is 290 g/mol. The smallest absolute Gasteiger partial charge is 0.322 e. The Kier molecular flexibility index (Phi) is 7.00. The van der Waals surface area contributed by atoms with Crippen LogP contribution in [0, 0.1) is 0 Å². The zero-order valence-corrected chi connectivity index (χ0v) is 11.7. The second-order valence-corrected chi connectivity index (χ2v) is 4.96. The van der Waals surface area contributed by atoms with E-state index in [1.54, 1.807) is 24.9 Å². The number of esters is 1. The first kappa shape index (κ1) is 15.2. The second kappa shape index (κ2) is 8.29. The molecule has 1 unspecified atom stereocenters. The fourth-order valence-electron chi connectivity index (χ4n) is 1.20. The van der Waals surface area contributed by atoms with Crippen molar-refractivity contribution in [3.05, 3.63) is 23.2 Å².